The average Bonchev–Trinajstić information content (AvgIpc) is 3.38. The number of nitrogens with zero attached hydrogens (tertiary/aromatic N) is 4. The lowest BCUT2D eigenvalue weighted by molar-refractivity contribution is 0.0880. The van der Waals surface area contributed by atoms with Gasteiger partial charge in [0, 0.05) is 81.1 Å². The van der Waals surface area contributed by atoms with Crippen LogP contribution in [0.1, 0.15) is 48.2 Å². The first-order valence-corrected chi connectivity index (χ1v) is 16.1. The second-order valence-electron chi connectivity index (χ2n) is 11.5. The van der Waals surface area contributed by atoms with Crippen LogP contribution in [-0.2, 0) is 18.3 Å². The predicted molar refractivity (Wildman–Crippen MR) is 192 cm³/mol. The Bertz CT molecular complexity index is 1860. The molecular weight excluding hydrogens is 608 g/mol. The van der Waals surface area contributed by atoms with Crippen LogP contribution in [0.5, 0.6) is 0 Å². The number of halogens is 2. The van der Waals surface area contributed by atoms with Crippen molar-refractivity contribution in [1.29, 1.82) is 0 Å². The lowest BCUT2D eigenvalue weighted by atomic mass is 10.1. The van der Waals surface area contributed by atoms with Crippen molar-refractivity contribution in [3.63, 3.8) is 0 Å². The summed E-state index contributed by atoms with van der Waals surface area (Å²) in [7, 11) is 3.63. The van der Waals surface area contributed by atoms with Gasteiger partial charge in [-0.3, -0.25) is 4.79 Å². The molecule has 0 amide bonds. The van der Waals surface area contributed by atoms with Crippen LogP contribution in [0.25, 0.3) is 12.5 Å². The quantitative estimate of drug-likeness (QED) is 0.151. The number of rotatable bonds is 10. The van der Waals surface area contributed by atoms with Crippen LogP contribution in [0.15, 0.2) is 95.9 Å². The summed E-state index contributed by atoms with van der Waals surface area (Å²) in [5.41, 5.74) is 4.49. The molecule has 5 rings (SSSR count). The Morgan fingerprint density at radius 2 is 1.73 bits per heavy atom. The minimum absolute atomic E-state index is 0.0258. The summed E-state index contributed by atoms with van der Waals surface area (Å²) in [6, 6.07) is 21.4. The molecule has 4 aromatic rings. The third-order valence-electron chi connectivity index (χ3n) is 8.22. The van der Waals surface area contributed by atoms with Crippen molar-refractivity contribution in [3.8, 4) is 0 Å². The topological polar surface area (TPSA) is 62.1 Å². The third kappa shape index (κ3) is 9.00. The Morgan fingerprint density at radius 1 is 1.04 bits per heavy atom. The molecule has 48 heavy (non-hydrogen) atoms. The fraction of sp³-hybridized carbons (Fsp3) is 0.282. The van der Waals surface area contributed by atoms with Crippen molar-refractivity contribution in [2.45, 2.75) is 46.3 Å². The monoisotopic (exact) mass is 653 g/mol. The van der Waals surface area contributed by atoms with Crippen molar-refractivity contribution >= 4 is 36.3 Å². The number of piperidine rings is 1. The first-order valence-electron chi connectivity index (χ1n) is 16.1. The molecular formula is C39H45F2N5O2. The van der Waals surface area contributed by atoms with E-state index in [9.17, 15) is 13.6 Å². The Hall–Kier alpha value is -5.18. The zero-order valence-corrected chi connectivity index (χ0v) is 28.4. The number of carbonyl (C=O) groups is 1. The van der Waals surface area contributed by atoms with Gasteiger partial charge in [-0.05, 0) is 74.4 Å². The smallest absolute Gasteiger partial charge is 0.238 e. The number of likely N-dealkylation sites (tertiary alicyclic amines) is 1. The Kier molecular flexibility index (Phi) is 12.7. The fourth-order valence-electron chi connectivity index (χ4n) is 5.83. The number of anilines is 2. The maximum absolute atomic E-state index is 14.0. The number of aldehydes is 1. The SMILES string of the molecule is C=c1c(C=O)cn(C)/c1=C(/N=C\C)OC1CCN(C(=CC)N(Cc2cccc(F)c2)c2ccccc2C)CC1.CNc1cccc(F)c1. The maximum atomic E-state index is 14.0. The van der Waals surface area contributed by atoms with Gasteiger partial charge in [0.25, 0.3) is 0 Å². The van der Waals surface area contributed by atoms with Gasteiger partial charge in [0.1, 0.15) is 28.9 Å². The Balaban J connectivity index is 0.000000500. The molecule has 1 saturated heterocycles. The highest BCUT2D eigenvalue weighted by atomic mass is 19.1. The van der Waals surface area contributed by atoms with Crippen LogP contribution in [0, 0.1) is 18.6 Å². The molecule has 0 bridgehead atoms. The summed E-state index contributed by atoms with van der Waals surface area (Å²) < 4.78 is 34.6. The van der Waals surface area contributed by atoms with E-state index in [1.54, 1.807) is 37.7 Å². The summed E-state index contributed by atoms with van der Waals surface area (Å²) in [6.45, 7) is 12.2. The van der Waals surface area contributed by atoms with Gasteiger partial charge in [0.15, 0.2) is 6.29 Å². The van der Waals surface area contributed by atoms with Gasteiger partial charge in [0.2, 0.25) is 5.88 Å². The van der Waals surface area contributed by atoms with Gasteiger partial charge in [-0.25, -0.2) is 13.8 Å². The minimum Gasteiger partial charge on any atom is -0.473 e. The summed E-state index contributed by atoms with van der Waals surface area (Å²) in [4.78, 5) is 20.6. The molecule has 0 unspecified atom stereocenters. The minimum atomic E-state index is -0.233. The molecule has 0 radical (unpaired) electrons. The van der Waals surface area contributed by atoms with Gasteiger partial charge in [-0.1, -0.05) is 43.0 Å². The van der Waals surface area contributed by atoms with Gasteiger partial charge in [0.05, 0.1) is 0 Å². The predicted octanol–water partition coefficient (Wildman–Crippen LogP) is 6.77. The fourth-order valence-corrected chi connectivity index (χ4v) is 5.83. The molecule has 3 aromatic carbocycles. The number of aromatic nitrogens is 1. The molecule has 0 saturated carbocycles. The summed E-state index contributed by atoms with van der Waals surface area (Å²) in [6.07, 6.45) is 7.97. The maximum Gasteiger partial charge on any atom is 0.238 e. The zero-order chi connectivity index (χ0) is 34.6. The first-order chi connectivity index (χ1) is 23.2. The lowest BCUT2D eigenvalue weighted by Gasteiger charge is -2.40. The standard InChI is InChI=1S/C32H37FN4O2.C7H8FN/c1-6-30(37(29-14-9-8-11-23(29)3)20-25-12-10-13-27(33)19-25)36-17-15-28(16-18-36)39-32(34-7-2)31-24(4)26(22-38)21-35(31)5;1-9-7-4-2-3-6(8)5-7/h6-14,19,21-22,28H,4,15-18,20H2,1-3,5H3;2-5,9H,1H3/b30-6?,32-31-,34-7-;. The highest BCUT2D eigenvalue weighted by molar-refractivity contribution is 5.75. The summed E-state index contributed by atoms with van der Waals surface area (Å²) in [5.74, 6) is 1.13. The van der Waals surface area contributed by atoms with E-state index >= 15 is 0 Å². The Morgan fingerprint density at radius 3 is 2.29 bits per heavy atom. The molecule has 0 spiro atoms. The molecule has 1 fully saturated rings. The van der Waals surface area contributed by atoms with E-state index in [1.165, 1.54) is 18.2 Å². The zero-order valence-electron chi connectivity index (χ0n) is 28.4. The van der Waals surface area contributed by atoms with E-state index in [0.717, 1.165) is 60.5 Å². The highest BCUT2D eigenvalue weighted by Crippen LogP contribution is 2.30. The second kappa shape index (κ2) is 17.1. The number of aryl methyl sites for hydroxylation is 2. The van der Waals surface area contributed by atoms with E-state index < -0.39 is 0 Å². The molecule has 1 aliphatic heterocycles. The van der Waals surface area contributed by atoms with Crippen molar-refractivity contribution < 1.29 is 18.3 Å². The lowest BCUT2D eigenvalue weighted by Crippen LogP contribution is -2.42. The van der Waals surface area contributed by atoms with Crippen LogP contribution in [0.3, 0.4) is 0 Å². The van der Waals surface area contributed by atoms with Crippen molar-refractivity contribution in [2.24, 2.45) is 12.0 Å². The number of hydrogen-bond donors (Lipinski definition) is 1. The van der Waals surface area contributed by atoms with E-state index in [2.05, 4.69) is 51.8 Å². The van der Waals surface area contributed by atoms with Crippen LogP contribution in [0.2, 0.25) is 0 Å². The summed E-state index contributed by atoms with van der Waals surface area (Å²) >= 11 is 0. The van der Waals surface area contributed by atoms with Crippen LogP contribution >= 0.6 is 0 Å². The van der Waals surface area contributed by atoms with E-state index in [0.29, 0.717) is 28.6 Å². The Labute approximate surface area is 282 Å². The van der Waals surface area contributed by atoms with Crippen LogP contribution < -0.4 is 20.8 Å². The average molecular weight is 654 g/mol. The molecule has 1 aromatic heterocycles. The van der Waals surface area contributed by atoms with Crippen LogP contribution in [-0.4, -0.2) is 48.2 Å². The molecule has 9 heteroatoms. The van der Waals surface area contributed by atoms with Crippen molar-refractivity contribution in [3.05, 3.63) is 130 Å². The number of benzene rings is 3. The highest BCUT2D eigenvalue weighted by Gasteiger charge is 2.26. The molecule has 1 N–H and O–H groups in total. The van der Waals surface area contributed by atoms with Gasteiger partial charge in [-0.2, -0.15) is 0 Å². The summed E-state index contributed by atoms with van der Waals surface area (Å²) in [5, 5.41) is 4.16. The van der Waals surface area contributed by atoms with E-state index in [4.69, 9.17) is 4.74 Å². The number of hydrogen-bond acceptors (Lipinski definition) is 6. The molecule has 1 aliphatic rings. The van der Waals surface area contributed by atoms with Crippen LogP contribution in [0.4, 0.5) is 20.2 Å². The first kappa shape index (κ1) is 35.7. The van der Waals surface area contributed by atoms with E-state index in [1.807, 2.05) is 49.7 Å². The van der Waals surface area contributed by atoms with Crippen molar-refractivity contribution in [1.82, 2.24) is 9.47 Å². The van der Waals surface area contributed by atoms with Gasteiger partial charge < -0.3 is 24.4 Å². The number of nitrogens with one attached hydrogen (secondary N) is 1. The third-order valence-corrected chi connectivity index (χ3v) is 8.22. The molecule has 252 valence electrons. The van der Waals surface area contributed by atoms with Crippen molar-refractivity contribution in [2.75, 3.05) is 30.4 Å². The van der Waals surface area contributed by atoms with E-state index in [-0.39, 0.29) is 17.7 Å². The molecule has 0 atom stereocenters. The molecule has 7 nitrogen and oxygen atoms in total. The number of ether oxygens (including phenoxy) is 1. The number of allylic oxidation sites excluding steroid dienone is 1. The van der Waals surface area contributed by atoms with Gasteiger partial charge in [-0.15, -0.1) is 0 Å². The molecule has 2 heterocycles. The largest absolute Gasteiger partial charge is 0.473 e. The number of aliphatic imine (C=N–C) groups is 1. The normalized spacial score (nSPS) is 14.3. The molecule has 0 aliphatic carbocycles. The second-order valence-corrected chi connectivity index (χ2v) is 11.5. The number of carbonyl (C=O) groups excluding carboxylic acids is 1. The van der Waals surface area contributed by atoms with Gasteiger partial charge >= 0.3 is 0 Å². The number of para-hydroxylation sites is 1.